The fourth-order valence-electron chi connectivity index (χ4n) is 3.06. The molecule has 1 fully saturated rings. The van der Waals surface area contributed by atoms with Gasteiger partial charge in [0.15, 0.2) is 5.54 Å². The number of likely N-dealkylation sites (N-methyl/N-ethyl adjacent to an activating group) is 1. The number of carbonyl (C=O) groups is 2. The Balaban J connectivity index is 2.08. The van der Waals surface area contributed by atoms with E-state index in [1.165, 1.54) is 6.20 Å². The van der Waals surface area contributed by atoms with Crippen LogP contribution in [0.1, 0.15) is 29.0 Å². The van der Waals surface area contributed by atoms with Crippen LogP contribution in [0.2, 0.25) is 0 Å². The summed E-state index contributed by atoms with van der Waals surface area (Å²) in [6.07, 6.45) is 7.39. The topological polar surface area (TPSA) is 88.1 Å². The number of hydrogen-bond donors (Lipinski definition) is 1. The summed E-state index contributed by atoms with van der Waals surface area (Å²) in [5.41, 5.74) is -0.356. The molecule has 2 amide bonds. The SMILES string of the molecule is CNC(=O)[C@]1(c2cnccn2)CCCN1C(=O)c1ccccn1. The molecule has 3 rings (SSSR count). The molecule has 1 saturated heterocycles. The fraction of sp³-hybridized carbons (Fsp3) is 0.312. The maximum absolute atomic E-state index is 12.9. The van der Waals surface area contributed by atoms with Gasteiger partial charge in [0.25, 0.3) is 11.8 Å². The zero-order chi connectivity index (χ0) is 16.3. The Hall–Kier alpha value is -2.83. The Morgan fingerprint density at radius 3 is 2.74 bits per heavy atom. The van der Waals surface area contributed by atoms with Gasteiger partial charge in [-0.3, -0.25) is 24.5 Å². The Morgan fingerprint density at radius 2 is 2.09 bits per heavy atom. The van der Waals surface area contributed by atoms with Crippen LogP contribution in [0.15, 0.2) is 43.0 Å². The van der Waals surface area contributed by atoms with Crippen molar-refractivity contribution in [2.75, 3.05) is 13.6 Å². The van der Waals surface area contributed by atoms with Crippen molar-refractivity contribution in [3.63, 3.8) is 0 Å². The second-order valence-corrected chi connectivity index (χ2v) is 5.31. The van der Waals surface area contributed by atoms with Gasteiger partial charge in [0.05, 0.1) is 11.9 Å². The fourth-order valence-corrected chi connectivity index (χ4v) is 3.06. The Morgan fingerprint density at radius 1 is 1.22 bits per heavy atom. The molecule has 0 unspecified atom stereocenters. The molecule has 0 aromatic carbocycles. The van der Waals surface area contributed by atoms with E-state index < -0.39 is 5.54 Å². The van der Waals surface area contributed by atoms with E-state index in [2.05, 4.69) is 20.3 Å². The Kier molecular flexibility index (Phi) is 4.01. The van der Waals surface area contributed by atoms with Gasteiger partial charge in [-0.2, -0.15) is 0 Å². The highest BCUT2D eigenvalue weighted by Crippen LogP contribution is 2.38. The summed E-state index contributed by atoms with van der Waals surface area (Å²) in [7, 11) is 1.56. The van der Waals surface area contributed by atoms with E-state index in [4.69, 9.17) is 0 Å². The summed E-state index contributed by atoms with van der Waals surface area (Å²) >= 11 is 0. The number of hydrogen-bond acceptors (Lipinski definition) is 5. The van der Waals surface area contributed by atoms with Gasteiger partial charge in [-0.05, 0) is 25.0 Å². The predicted molar refractivity (Wildman–Crippen MR) is 82.3 cm³/mol. The normalized spacial score (nSPS) is 20.3. The molecule has 1 aliphatic rings. The lowest BCUT2D eigenvalue weighted by atomic mass is 9.90. The molecule has 0 aliphatic carbocycles. The van der Waals surface area contributed by atoms with Crippen LogP contribution in [0.3, 0.4) is 0 Å². The van der Waals surface area contributed by atoms with Crippen LogP contribution in [0.5, 0.6) is 0 Å². The molecule has 1 atom stereocenters. The minimum atomic E-state index is -1.14. The van der Waals surface area contributed by atoms with E-state index in [0.717, 1.165) is 0 Å². The molecule has 2 aromatic heterocycles. The van der Waals surface area contributed by atoms with Gasteiger partial charge in [0.2, 0.25) is 0 Å². The molecule has 1 N–H and O–H groups in total. The smallest absolute Gasteiger partial charge is 0.273 e. The van der Waals surface area contributed by atoms with Crippen LogP contribution in [0.25, 0.3) is 0 Å². The molecule has 0 saturated carbocycles. The molecular weight excluding hydrogens is 294 g/mol. The molecule has 2 aromatic rings. The van der Waals surface area contributed by atoms with Crippen molar-refractivity contribution in [1.82, 2.24) is 25.2 Å². The summed E-state index contributed by atoms with van der Waals surface area (Å²) in [5, 5.41) is 2.66. The standard InChI is InChI=1S/C16H17N5O2/c1-17-15(23)16(13-11-18-8-9-20-13)6-4-10-21(16)14(22)12-5-2-3-7-19-12/h2-3,5,7-9,11H,4,6,10H2,1H3,(H,17,23)/t16-/m1/s1. The van der Waals surface area contributed by atoms with E-state index in [0.29, 0.717) is 30.8 Å². The number of carbonyl (C=O) groups excluding carboxylic acids is 2. The number of likely N-dealkylation sites (tertiary alicyclic amines) is 1. The van der Waals surface area contributed by atoms with Gasteiger partial charge in [-0.25, -0.2) is 0 Å². The third-order valence-corrected chi connectivity index (χ3v) is 4.10. The number of nitrogens with one attached hydrogen (secondary N) is 1. The quantitative estimate of drug-likeness (QED) is 0.903. The van der Waals surface area contributed by atoms with E-state index in [-0.39, 0.29) is 11.8 Å². The van der Waals surface area contributed by atoms with Gasteiger partial charge in [-0.1, -0.05) is 6.07 Å². The minimum Gasteiger partial charge on any atom is -0.357 e. The maximum atomic E-state index is 12.9. The molecule has 0 bridgehead atoms. The van der Waals surface area contributed by atoms with E-state index in [1.807, 2.05) is 0 Å². The zero-order valence-electron chi connectivity index (χ0n) is 12.8. The van der Waals surface area contributed by atoms with E-state index in [1.54, 1.807) is 48.7 Å². The van der Waals surface area contributed by atoms with Crippen LogP contribution in [0.4, 0.5) is 0 Å². The van der Waals surface area contributed by atoms with Crippen LogP contribution in [-0.2, 0) is 10.3 Å². The molecule has 3 heterocycles. The second-order valence-electron chi connectivity index (χ2n) is 5.31. The van der Waals surface area contributed by atoms with Crippen LogP contribution in [-0.4, -0.2) is 45.3 Å². The first kappa shape index (κ1) is 15.1. The van der Waals surface area contributed by atoms with Crippen molar-refractivity contribution in [1.29, 1.82) is 0 Å². The molecule has 0 radical (unpaired) electrons. The first-order valence-electron chi connectivity index (χ1n) is 7.42. The van der Waals surface area contributed by atoms with Gasteiger partial charge in [0.1, 0.15) is 5.69 Å². The molecule has 23 heavy (non-hydrogen) atoms. The molecule has 7 heteroatoms. The number of pyridine rings is 1. The highest BCUT2D eigenvalue weighted by atomic mass is 16.2. The Labute approximate surface area is 133 Å². The maximum Gasteiger partial charge on any atom is 0.273 e. The molecule has 0 spiro atoms. The van der Waals surface area contributed by atoms with Crippen molar-refractivity contribution in [2.24, 2.45) is 0 Å². The van der Waals surface area contributed by atoms with Crippen molar-refractivity contribution in [2.45, 2.75) is 18.4 Å². The van der Waals surface area contributed by atoms with Gasteiger partial charge in [0, 0.05) is 32.2 Å². The third kappa shape index (κ3) is 2.44. The zero-order valence-corrected chi connectivity index (χ0v) is 12.8. The van der Waals surface area contributed by atoms with Gasteiger partial charge >= 0.3 is 0 Å². The summed E-state index contributed by atoms with van der Waals surface area (Å²) in [4.78, 5) is 39.6. The van der Waals surface area contributed by atoms with Gasteiger partial charge < -0.3 is 10.2 Å². The van der Waals surface area contributed by atoms with E-state index in [9.17, 15) is 9.59 Å². The molecule has 7 nitrogen and oxygen atoms in total. The molecule has 118 valence electrons. The summed E-state index contributed by atoms with van der Waals surface area (Å²) < 4.78 is 0. The molecular formula is C16H17N5O2. The lowest BCUT2D eigenvalue weighted by Crippen LogP contribution is -2.55. The number of aromatic nitrogens is 3. The largest absolute Gasteiger partial charge is 0.357 e. The minimum absolute atomic E-state index is 0.264. The monoisotopic (exact) mass is 311 g/mol. The number of amides is 2. The lowest BCUT2D eigenvalue weighted by Gasteiger charge is -2.35. The average Bonchev–Trinajstić information content (AvgIpc) is 3.08. The second kappa shape index (κ2) is 6.12. The van der Waals surface area contributed by atoms with Crippen molar-refractivity contribution in [3.05, 3.63) is 54.4 Å². The first-order chi connectivity index (χ1) is 11.2. The number of rotatable bonds is 3. The van der Waals surface area contributed by atoms with Crippen molar-refractivity contribution < 1.29 is 9.59 Å². The van der Waals surface area contributed by atoms with Crippen LogP contribution < -0.4 is 5.32 Å². The van der Waals surface area contributed by atoms with Gasteiger partial charge in [-0.15, -0.1) is 0 Å². The van der Waals surface area contributed by atoms with E-state index >= 15 is 0 Å². The van der Waals surface area contributed by atoms with Crippen molar-refractivity contribution >= 4 is 11.8 Å². The van der Waals surface area contributed by atoms with Crippen LogP contribution in [0, 0.1) is 0 Å². The molecule has 1 aliphatic heterocycles. The summed E-state index contributed by atoms with van der Waals surface area (Å²) in [6, 6.07) is 5.14. The van der Waals surface area contributed by atoms with Crippen LogP contribution >= 0.6 is 0 Å². The lowest BCUT2D eigenvalue weighted by molar-refractivity contribution is -0.131. The highest BCUT2D eigenvalue weighted by molar-refractivity contribution is 5.98. The summed E-state index contributed by atoms with van der Waals surface area (Å²) in [6.45, 7) is 0.472. The number of nitrogens with zero attached hydrogens (tertiary/aromatic N) is 4. The third-order valence-electron chi connectivity index (χ3n) is 4.10. The summed E-state index contributed by atoms with van der Waals surface area (Å²) in [5.74, 6) is -0.544. The highest BCUT2D eigenvalue weighted by Gasteiger charge is 2.52. The van der Waals surface area contributed by atoms with Crippen molar-refractivity contribution in [3.8, 4) is 0 Å². The average molecular weight is 311 g/mol. The Bertz CT molecular complexity index is 707. The first-order valence-corrected chi connectivity index (χ1v) is 7.42. The predicted octanol–water partition coefficient (Wildman–Crippen LogP) is 0.749.